The lowest BCUT2D eigenvalue weighted by Gasteiger charge is -2.26. The lowest BCUT2D eigenvalue weighted by Crippen LogP contribution is -2.22. The Hall–Kier alpha value is -4.95. The van der Waals surface area contributed by atoms with Crippen molar-refractivity contribution in [3.63, 3.8) is 0 Å². The Morgan fingerprint density at radius 1 is 0.628 bits per heavy atom. The first-order chi connectivity index (χ1) is 21.2. The van der Waals surface area contributed by atoms with Gasteiger partial charge in [0.2, 0.25) is 0 Å². The topological polar surface area (TPSA) is 67.2 Å². The minimum atomic E-state index is 0.436. The van der Waals surface area contributed by atoms with E-state index in [1.165, 1.54) is 5.56 Å². The van der Waals surface area contributed by atoms with Crippen LogP contribution in [0.3, 0.4) is 0 Å². The van der Waals surface area contributed by atoms with Gasteiger partial charge in [0.25, 0.3) is 0 Å². The number of aromatic nitrogens is 2. The van der Waals surface area contributed by atoms with Gasteiger partial charge in [-0.1, -0.05) is 36.4 Å². The molecule has 0 amide bonds. The lowest BCUT2D eigenvalue weighted by atomic mass is 10.1. The van der Waals surface area contributed by atoms with Gasteiger partial charge in [-0.05, 0) is 59.7 Å². The fourth-order valence-corrected chi connectivity index (χ4v) is 4.68. The van der Waals surface area contributed by atoms with Crippen LogP contribution >= 0.6 is 0 Å². The van der Waals surface area contributed by atoms with Crippen LogP contribution in [-0.4, -0.2) is 50.2 Å². The molecule has 222 valence electrons. The van der Waals surface area contributed by atoms with Crippen molar-refractivity contribution in [1.29, 1.82) is 0 Å². The standard InChI is InChI=1S/C35H37N3O5/c1-39-32-11-4-8-29(22-32)26-38(25-28-7-3-9-30(21-28)37-16-15-36-27-37)31-10-5-13-34(23-31)42-19-17-41-18-20-43-35-14-6-12-33(24-35)40-2/h3-16,21-24,27H,17-20,25-26H2,1-2H3. The predicted molar refractivity (Wildman–Crippen MR) is 168 cm³/mol. The summed E-state index contributed by atoms with van der Waals surface area (Å²) in [7, 11) is 3.33. The van der Waals surface area contributed by atoms with Gasteiger partial charge >= 0.3 is 0 Å². The molecule has 8 heteroatoms. The molecule has 1 aromatic heterocycles. The first kappa shape index (κ1) is 29.5. The number of nitrogens with zero attached hydrogens (tertiary/aromatic N) is 3. The second-order valence-electron chi connectivity index (χ2n) is 9.83. The highest BCUT2D eigenvalue weighted by molar-refractivity contribution is 5.52. The van der Waals surface area contributed by atoms with E-state index in [2.05, 4.69) is 58.4 Å². The molecule has 0 aliphatic rings. The molecule has 0 saturated carbocycles. The molecule has 0 aliphatic carbocycles. The van der Waals surface area contributed by atoms with Crippen LogP contribution in [0.1, 0.15) is 11.1 Å². The van der Waals surface area contributed by atoms with Gasteiger partial charge in [0.15, 0.2) is 0 Å². The van der Waals surface area contributed by atoms with Crippen molar-refractivity contribution in [2.45, 2.75) is 13.1 Å². The number of imidazole rings is 1. The second-order valence-corrected chi connectivity index (χ2v) is 9.83. The lowest BCUT2D eigenvalue weighted by molar-refractivity contribution is 0.0764. The number of hydrogen-bond donors (Lipinski definition) is 0. The van der Waals surface area contributed by atoms with Crippen LogP contribution in [0.2, 0.25) is 0 Å². The first-order valence-corrected chi connectivity index (χ1v) is 14.2. The minimum absolute atomic E-state index is 0.436. The average molecular weight is 580 g/mol. The SMILES string of the molecule is COc1cccc(CN(Cc2cccc(-n3ccnc3)c2)c2cccc(OCCOCCOc3cccc(OC)c3)c2)c1. The summed E-state index contributed by atoms with van der Waals surface area (Å²) >= 11 is 0. The van der Waals surface area contributed by atoms with Crippen LogP contribution in [0.5, 0.6) is 23.0 Å². The largest absolute Gasteiger partial charge is 0.497 e. The average Bonchev–Trinajstić information content (AvgIpc) is 3.60. The van der Waals surface area contributed by atoms with Crippen molar-refractivity contribution in [2.24, 2.45) is 0 Å². The number of rotatable bonds is 16. The van der Waals surface area contributed by atoms with Gasteiger partial charge in [-0.25, -0.2) is 4.98 Å². The molecule has 0 atom stereocenters. The number of benzene rings is 4. The molecule has 0 aliphatic heterocycles. The molecule has 0 bridgehead atoms. The van der Waals surface area contributed by atoms with Crippen LogP contribution in [0.4, 0.5) is 5.69 Å². The monoisotopic (exact) mass is 579 g/mol. The van der Waals surface area contributed by atoms with E-state index in [1.54, 1.807) is 20.4 Å². The number of methoxy groups -OCH3 is 2. The number of hydrogen-bond acceptors (Lipinski definition) is 7. The Morgan fingerprint density at radius 3 is 1.93 bits per heavy atom. The minimum Gasteiger partial charge on any atom is -0.497 e. The van der Waals surface area contributed by atoms with Crippen LogP contribution in [0, 0.1) is 0 Å². The molecule has 0 N–H and O–H groups in total. The summed E-state index contributed by atoms with van der Waals surface area (Å²) in [5.74, 6) is 3.14. The predicted octanol–water partition coefficient (Wildman–Crippen LogP) is 6.57. The van der Waals surface area contributed by atoms with Crippen molar-refractivity contribution in [2.75, 3.05) is 45.5 Å². The molecular weight excluding hydrogens is 542 g/mol. The summed E-state index contributed by atoms with van der Waals surface area (Å²) in [5.41, 5.74) is 4.47. The highest BCUT2D eigenvalue weighted by atomic mass is 16.5. The second kappa shape index (κ2) is 15.3. The number of ether oxygens (including phenoxy) is 5. The Balaban J connectivity index is 1.20. The molecule has 0 spiro atoms. The van der Waals surface area contributed by atoms with Gasteiger partial charge in [-0.3, -0.25) is 0 Å². The smallest absolute Gasteiger partial charge is 0.123 e. The van der Waals surface area contributed by atoms with Gasteiger partial charge < -0.3 is 33.2 Å². The zero-order valence-electron chi connectivity index (χ0n) is 24.6. The maximum absolute atomic E-state index is 6.06. The van der Waals surface area contributed by atoms with E-state index < -0.39 is 0 Å². The molecule has 5 rings (SSSR count). The maximum Gasteiger partial charge on any atom is 0.123 e. The van der Waals surface area contributed by atoms with Crippen LogP contribution in [0.15, 0.2) is 116 Å². The summed E-state index contributed by atoms with van der Waals surface area (Å²) in [6.45, 7) is 3.22. The molecule has 4 aromatic carbocycles. The van der Waals surface area contributed by atoms with Crippen molar-refractivity contribution in [3.05, 3.63) is 127 Å². The molecule has 8 nitrogen and oxygen atoms in total. The van der Waals surface area contributed by atoms with Crippen molar-refractivity contribution in [3.8, 4) is 28.7 Å². The first-order valence-electron chi connectivity index (χ1n) is 14.2. The fourth-order valence-electron chi connectivity index (χ4n) is 4.68. The van der Waals surface area contributed by atoms with E-state index in [4.69, 9.17) is 23.7 Å². The summed E-state index contributed by atoms with van der Waals surface area (Å²) in [6.07, 6.45) is 5.55. The third-order valence-corrected chi connectivity index (χ3v) is 6.81. The Bertz CT molecular complexity index is 1560. The Kier molecular flexibility index (Phi) is 10.5. The molecule has 43 heavy (non-hydrogen) atoms. The third-order valence-electron chi connectivity index (χ3n) is 6.81. The van der Waals surface area contributed by atoms with Crippen LogP contribution in [0.25, 0.3) is 5.69 Å². The molecule has 0 unspecified atom stereocenters. The quantitative estimate of drug-likeness (QED) is 0.123. The van der Waals surface area contributed by atoms with Crippen molar-refractivity contribution >= 4 is 5.69 Å². The zero-order chi connectivity index (χ0) is 29.7. The summed E-state index contributed by atoms with van der Waals surface area (Å²) in [4.78, 5) is 6.52. The molecule has 0 saturated heterocycles. The van der Waals surface area contributed by atoms with E-state index in [1.807, 2.05) is 65.6 Å². The number of anilines is 1. The molecule has 0 radical (unpaired) electrons. The van der Waals surface area contributed by atoms with Crippen molar-refractivity contribution in [1.82, 2.24) is 9.55 Å². The van der Waals surface area contributed by atoms with E-state index in [0.29, 0.717) is 39.5 Å². The highest BCUT2D eigenvalue weighted by Crippen LogP contribution is 2.26. The highest BCUT2D eigenvalue weighted by Gasteiger charge is 2.12. The van der Waals surface area contributed by atoms with Gasteiger partial charge in [0, 0.05) is 49.0 Å². The van der Waals surface area contributed by atoms with E-state index in [0.717, 1.165) is 39.9 Å². The Morgan fingerprint density at radius 2 is 1.23 bits per heavy atom. The van der Waals surface area contributed by atoms with Crippen molar-refractivity contribution < 1.29 is 23.7 Å². The van der Waals surface area contributed by atoms with Gasteiger partial charge in [0.1, 0.15) is 36.2 Å². The Labute approximate surface area is 253 Å². The molecular formula is C35H37N3O5. The van der Waals surface area contributed by atoms with Crippen LogP contribution in [-0.2, 0) is 17.8 Å². The normalized spacial score (nSPS) is 10.7. The summed E-state index contributed by atoms with van der Waals surface area (Å²) in [6, 6.07) is 32.4. The van der Waals surface area contributed by atoms with Gasteiger partial charge in [-0.2, -0.15) is 0 Å². The summed E-state index contributed by atoms with van der Waals surface area (Å²) in [5, 5.41) is 0. The van der Waals surface area contributed by atoms with Crippen LogP contribution < -0.4 is 23.8 Å². The van der Waals surface area contributed by atoms with E-state index >= 15 is 0 Å². The zero-order valence-corrected chi connectivity index (χ0v) is 24.6. The van der Waals surface area contributed by atoms with E-state index in [9.17, 15) is 0 Å². The third kappa shape index (κ3) is 8.77. The molecule has 0 fully saturated rings. The molecule has 5 aromatic rings. The van der Waals surface area contributed by atoms with Gasteiger partial charge in [0.05, 0.1) is 33.8 Å². The molecule has 1 heterocycles. The van der Waals surface area contributed by atoms with Gasteiger partial charge in [-0.15, -0.1) is 0 Å². The van der Waals surface area contributed by atoms with E-state index in [-0.39, 0.29) is 0 Å². The maximum atomic E-state index is 6.06. The fraction of sp³-hybridized carbons (Fsp3) is 0.229. The summed E-state index contributed by atoms with van der Waals surface area (Å²) < 4.78 is 30.2.